The SMILES string of the molecule is CNCCc1ccc(COCC2CCCCN2C)cc1. The number of likely N-dealkylation sites (tertiary alicyclic amines) is 1. The van der Waals surface area contributed by atoms with E-state index in [1.165, 1.54) is 36.9 Å². The molecular formula is C17H28N2O. The monoisotopic (exact) mass is 276 g/mol. The van der Waals surface area contributed by atoms with Crippen molar-refractivity contribution in [2.45, 2.75) is 38.3 Å². The second-order valence-electron chi connectivity index (χ2n) is 5.82. The van der Waals surface area contributed by atoms with Gasteiger partial charge in [-0.05, 0) is 57.6 Å². The molecule has 0 saturated carbocycles. The lowest BCUT2D eigenvalue weighted by atomic mass is 10.0. The van der Waals surface area contributed by atoms with Crippen LogP contribution < -0.4 is 5.32 Å². The molecule has 1 aliphatic heterocycles. The third-order valence-corrected chi connectivity index (χ3v) is 4.19. The van der Waals surface area contributed by atoms with Gasteiger partial charge in [-0.15, -0.1) is 0 Å². The molecule has 3 heteroatoms. The van der Waals surface area contributed by atoms with Crippen LogP contribution in [0.2, 0.25) is 0 Å². The maximum atomic E-state index is 5.90. The maximum Gasteiger partial charge on any atom is 0.0717 e. The van der Waals surface area contributed by atoms with Crippen molar-refractivity contribution < 1.29 is 4.74 Å². The largest absolute Gasteiger partial charge is 0.375 e. The highest BCUT2D eigenvalue weighted by molar-refractivity contribution is 5.22. The van der Waals surface area contributed by atoms with E-state index in [1.807, 2.05) is 7.05 Å². The van der Waals surface area contributed by atoms with Gasteiger partial charge in [0.05, 0.1) is 13.2 Å². The molecule has 112 valence electrons. The number of piperidine rings is 1. The van der Waals surface area contributed by atoms with Gasteiger partial charge in [0, 0.05) is 6.04 Å². The molecule has 0 aliphatic carbocycles. The van der Waals surface area contributed by atoms with Crippen LogP contribution >= 0.6 is 0 Å². The Kier molecular flexibility index (Phi) is 6.51. The summed E-state index contributed by atoms with van der Waals surface area (Å²) < 4.78 is 5.90. The molecule has 0 radical (unpaired) electrons. The van der Waals surface area contributed by atoms with Gasteiger partial charge in [-0.2, -0.15) is 0 Å². The number of hydrogen-bond acceptors (Lipinski definition) is 3. The van der Waals surface area contributed by atoms with E-state index < -0.39 is 0 Å². The number of nitrogens with one attached hydrogen (secondary N) is 1. The molecule has 1 fully saturated rings. The Morgan fingerprint density at radius 2 is 1.95 bits per heavy atom. The lowest BCUT2D eigenvalue weighted by Crippen LogP contribution is -2.39. The van der Waals surface area contributed by atoms with E-state index in [4.69, 9.17) is 4.74 Å². The average Bonchev–Trinajstić information content (AvgIpc) is 2.48. The number of rotatable bonds is 7. The van der Waals surface area contributed by atoms with Crippen LogP contribution in [0.3, 0.4) is 0 Å². The van der Waals surface area contributed by atoms with Gasteiger partial charge in [-0.1, -0.05) is 30.7 Å². The van der Waals surface area contributed by atoms with Crippen LogP contribution in [-0.2, 0) is 17.8 Å². The first-order valence-electron chi connectivity index (χ1n) is 7.80. The highest BCUT2D eigenvalue weighted by Crippen LogP contribution is 2.15. The van der Waals surface area contributed by atoms with Gasteiger partial charge in [-0.3, -0.25) is 0 Å². The van der Waals surface area contributed by atoms with Crippen LogP contribution in [0.4, 0.5) is 0 Å². The van der Waals surface area contributed by atoms with Crippen molar-refractivity contribution in [3.05, 3.63) is 35.4 Å². The van der Waals surface area contributed by atoms with Gasteiger partial charge in [-0.25, -0.2) is 0 Å². The number of benzene rings is 1. The first-order chi connectivity index (χ1) is 9.79. The molecule has 0 amide bonds. The van der Waals surface area contributed by atoms with E-state index in [2.05, 4.69) is 41.5 Å². The second-order valence-corrected chi connectivity index (χ2v) is 5.82. The third kappa shape index (κ3) is 4.89. The van der Waals surface area contributed by atoms with Crippen molar-refractivity contribution in [1.82, 2.24) is 10.2 Å². The summed E-state index contributed by atoms with van der Waals surface area (Å²) in [5.41, 5.74) is 2.66. The molecule has 1 unspecified atom stereocenters. The Hall–Kier alpha value is -0.900. The molecule has 0 aromatic heterocycles. The molecule has 1 heterocycles. The van der Waals surface area contributed by atoms with Crippen LogP contribution in [0.15, 0.2) is 24.3 Å². The van der Waals surface area contributed by atoms with Crippen molar-refractivity contribution in [2.75, 3.05) is 33.8 Å². The first kappa shape index (κ1) is 15.5. The Morgan fingerprint density at radius 1 is 1.20 bits per heavy atom. The van der Waals surface area contributed by atoms with Crippen LogP contribution in [0.25, 0.3) is 0 Å². The summed E-state index contributed by atoms with van der Waals surface area (Å²) >= 11 is 0. The molecule has 2 rings (SSSR count). The van der Waals surface area contributed by atoms with E-state index in [0.717, 1.165) is 26.2 Å². The van der Waals surface area contributed by atoms with Gasteiger partial charge in [0.2, 0.25) is 0 Å². The first-order valence-corrected chi connectivity index (χ1v) is 7.80. The Morgan fingerprint density at radius 3 is 2.65 bits per heavy atom. The fourth-order valence-corrected chi connectivity index (χ4v) is 2.74. The zero-order valence-corrected chi connectivity index (χ0v) is 12.9. The van der Waals surface area contributed by atoms with Crippen molar-refractivity contribution in [1.29, 1.82) is 0 Å². The summed E-state index contributed by atoms with van der Waals surface area (Å²) in [6.45, 7) is 3.84. The van der Waals surface area contributed by atoms with Gasteiger partial charge >= 0.3 is 0 Å². The maximum absolute atomic E-state index is 5.90. The fourth-order valence-electron chi connectivity index (χ4n) is 2.74. The van der Waals surface area contributed by atoms with Gasteiger partial charge in [0.25, 0.3) is 0 Å². The molecule has 1 aromatic carbocycles. The third-order valence-electron chi connectivity index (χ3n) is 4.19. The number of nitrogens with zero attached hydrogens (tertiary/aromatic N) is 1. The minimum atomic E-state index is 0.610. The molecule has 0 bridgehead atoms. The topological polar surface area (TPSA) is 24.5 Å². The summed E-state index contributed by atoms with van der Waals surface area (Å²) in [7, 11) is 4.20. The Bertz CT molecular complexity index is 377. The summed E-state index contributed by atoms with van der Waals surface area (Å²) in [5.74, 6) is 0. The van der Waals surface area contributed by atoms with Crippen molar-refractivity contribution in [3.8, 4) is 0 Å². The molecule has 1 aromatic rings. The van der Waals surface area contributed by atoms with E-state index in [1.54, 1.807) is 0 Å². The molecule has 3 nitrogen and oxygen atoms in total. The summed E-state index contributed by atoms with van der Waals surface area (Å²) in [6.07, 6.45) is 5.05. The van der Waals surface area contributed by atoms with E-state index in [9.17, 15) is 0 Å². The number of ether oxygens (including phenoxy) is 1. The zero-order chi connectivity index (χ0) is 14.2. The zero-order valence-electron chi connectivity index (χ0n) is 12.9. The van der Waals surface area contributed by atoms with E-state index in [0.29, 0.717) is 6.04 Å². The fraction of sp³-hybridized carbons (Fsp3) is 0.647. The average molecular weight is 276 g/mol. The summed E-state index contributed by atoms with van der Waals surface area (Å²) in [6, 6.07) is 9.41. The minimum Gasteiger partial charge on any atom is -0.375 e. The minimum absolute atomic E-state index is 0.610. The molecule has 1 aliphatic rings. The summed E-state index contributed by atoms with van der Waals surface area (Å²) in [5, 5.41) is 3.18. The molecule has 1 atom stereocenters. The normalized spacial score (nSPS) is 20.2. The van der Waals surface area contributed by atoms with Gasteiger partial charge in [0.15, 0.2) is 0 Å². The van der Waals surface area contributed by atoms with Crippen LogP contribution in [0.1, 0.15) is 30.4 Å². The highest BCUT2D eigenvalue weighted by Gasteiger charge is 2.18. The molecule has 1 N–H and O–H groups in total. The van der Waals surface area contributed by atoms with E-state index >= 15 is 0 Å². The predicted molar refractivity (Wildman–Crippen MR) is 84.0 cm³/mol. The molecule has 0 spiro atoms. The van der Waals surface area contributed by atoms with Crippen LogP contribution in [0, 0.1) is 0 Å². The highest BCUT2D eigenvalue weighted by atomic mass is 16.5. The standard InChI is InChI=1S/C17H28N2O/c1-18-11-10-15-6-8-16(9-7-15)13-20-14-17-5-3-4-12-19(17)2/h6-9,17-18H,3-5,10-14H2,1-2H3. The quantitative estimate of drug-likeness (QED) is 0.828. The van der Waals surface area contributed by atoms with Gasteiger partial charge < -0.3 is 15.0 Å². The summed E-state index contributed by atoms with van der Waals surface area (Å²) in [4.78, 5) is 2.43. The van der Waals surface area contributed by atoms with Crippen LogP contribution in [-0.4, -0.2) is 44.7 Å². The van der Waals surface area contributed by atoms with E-state index in [-0.39, 0.29) is 0 Å². The Balaban J connectivity index is 1.70. The number of likely N-dealkylation sites (N-methyl/N-ethyl adjacent to an activating group) is 2. The molecule has 1 saturated heterocycles. The lowest BCUT2D eigenvalue weighted by molar-refractivity contribution is 0.0444. The second kappa shape index (κ2) is 8.40. The smallest absolute Gasteiger partial charge is 0.0717 e. The lowest BCUT2D eigenvalue weighted by Gasteiger charge is -2.32. The predicted octanol–water partition coefficient (Wildman–Crippen LogP) is 2.45. The molecular weight excluding hydrogens is 248 g/mol. The Labute approximate surface area is 123 Å². The molecule has 20 heavy (non-hydrogen) atoms. The van der Waals surface area contributed by atoms with Crippen molar-refractivity contribution in [3.63, 3.8) is 0 Å². The number of hydrogen-bond donors (Lipinski definition) is 1. The van der Waals surface area contributed by atoms with Crippen molar-refractivity contribution >= 4 is 0 Å². The van der Waals surface area contributed by atoms with Crippen molar-refractivity contribution in [2.24, 2.45) is 0 Å². The van der Waals surface area contributed by atoms with Crippen LogP contribution in [0.5, 0.6) is 0 Å². The van der Waals surface area contributed by atoms with Gasteiger partial charge in [0.1, 0.15) is 0 Å².